The number of anilines is 1. The number of nitrogens with one attached hydrogen (secondary N) is 2. The lowest BCUT2D eigenvalue weighted by Gasteiger charge is -2.31. The minimum Gasteiger partial charge on any atom is -0.450 e. The summed E-state index contributed by atoms with van der Waals surface area (Å²) < 4.78 is 5.03. The molecule has 0 unspecified atom stereocenters. The second-order valence-corrected chi connectivity index (χ2v) is 7.24. The number of pyridine rings is 1. The average molecular weight is 396 g/mol. The van der Waals surface area contributed by atoms with E-state index in [0.717, 1.165) is 5.69 Å². The van der Waals surface area contributed by atoms with Crippen molar-refractivity contribution >= 4 is 17.7 Å². The van der Waals surface area contributed by atoms with Crippen molar-refractivity contribution in [2.75, 3.05) is 25.0 Å². The molecule has 0 saturated carbocycles. The van der Waals surface area contributed by atoms with E-state index < -0.39 is 0 Å². The van der Waals surface area contributed by atoms with Crippen LogP contribution in [0.3, 0.4) is 0 Å². The molecule has 1 fully saturated rings. The molecule has 3 rings (SSSR count). The van der Waals surface area contributed by atoms with Gasteiger partial charge < -0.3 is 20.3 Å². The maximum Gasteiger partial charge on any atom is 0.409 e. The van der Waals surface area contributed by atoms with Crippen molar-refractivity contribution in [3.05, 3.63) is 59.4 Å². The molecule has 0 aliphatic carbocycles. The molecular weight excluding hydrogens is 368 g/mol. The topological polar surface area (TPSA) is 83.6 Å². The average Bonchev–Trinajstić information content (AvgIpc) is 2.74. The van der Waals surface area contributed by atoms with Gasteiger partial charge in [-0.25, -0.2) is 4.79 Å². The maximum absolute atomic E-state index is 12.6. The normalized spacial score (nSPS) is 14.3. The minimum absolute atomic E-state index is 0.0392. The van der Waals surface area contributed by atoms with Gasteiger partial charge in [0.15, 0.2) is 0 Å². The van der Waals surface area contributed by atoms with E-state index in [-0.39, 0.29) is 18.0 Å². The summed E-state index contributed by atoms with van der Waals surface area (Å²) >= 11 is 0. The molecule has 0 radical (unpaired) electrons. The van der Waals surface area contributed by atoms with Crippen molar-refractivity contribution in [1.82, 2.24) is 15.2 Å². The number of nitrogens with zero attached hydrogens (tertiary/aromatic N) is 2. The number of carbonyl (C=O) groups excluding carboxylic acids is 2. The number of likely N-dealkylation sites (tertiary alicyclic amines) is 1. The molecule has 1 aromatic carbocycles. The van der Waals surface area contributed by atoms with Crippen molar-refractivity contribution in [3.8, 4) is 0 Å². The SMILES string of the molecule is CCOC(=O)N1CCC(NC(=O)c2cncc(NCc3ccc(C)cc3)c2)CC1. The Labute approximate surface area is 171 Å². The van der Waals surface area contributed by atoms with E-state index in [9.17, 15) is 9.59 Å². The summed E-state index contributed by atoms with van der Waals surface area (Å²) in [5.41, 5.74) is 3.71. The van der Waals surface area contributed by atoms with Crippen molar-refractivity contribution in [1.29, 1.82) is 0 Å². The fraction of sp³-hybridized carbons (Fsp3) is 0.409. The molecule has 2 aromatic rings. The highest BCUT2D eigenvalue weighted by atomic mass is 16.6. The molecule has 0 atom stereocenters. The Morgan fingerprint density at radius 1 is 1.17 bits per heavy atom. The van der Waals surface area contributed by atoms with Gasteiger partial charge >= 0.3 is 6.09 Å². The van der Waals surface area contributed by atoms with Gasteiger partial charge in [0, 0.05) is 38.1 Å². The van der Waals surface area contributed by atoms with Crippen LogP contribution in [-0.2, 0) is 11.3 Å². The van der Waals surface area contributed by atoms with Gasteiger partial charge in [-0.2, -0.15) is 0 Å². The first-order chi connectivity index (χ1) is 14.0. The molecule has 2 N–H and O–H groups in total. The number of hydrogen-bond acceptors (Lipinski definition) is 5. The molecule has 2 heterocycles. The Morgan fingerprint density at radius 3 is 2.59 bits per heavy atom. The summed E-state index contributed by atoms with van der Waals surface area (Å²) in [5.74, 6) is -0.147. The number of hydrogen-bond donors (Lipinski definition) is 2. The number of aryl methyl sites for hydroxylation is 1. The van der Waals surface area contributed by atoms with Crippen LogP contribution in [0, 0.1) is 6.92 Å². The predicted molar refractivity (Wildman–Crippen MR) is 112 cm³/mol. The van der Waals surface area contributed by atoms with E-state index in [1.54, 1.807) is 24.2 Å². The Balaban J connectivity index is 1.50. The van der Waals surface area contributed by atoms with E-state index in [0.29, 0.717) is 44.6 Å². The highest BCUT2D eigenvalue weighted by molar-refractivity contribution is 5.94. The molecule has 29 heavy (non-hydrogen) atoms. The molecule has 7 nitrogen and oxygen atoms in total. The summed E-state index contributed by atoms with van der Waals surface area (Å²) in [6.45, 7) is 6.06. The summed E-state index contributed by atoms with van der Waals surface area (Å²) in [5, 5.41) is 6.36. The third-order valence-electron chi connectivity index (χ3n) is 4.97. The highest BCUT2D eigenvalue weighted by Crippen LogP contribution is 2.14. The van der Waals surface area contributed by atoms with Crippen LogP contribution >= 0.6 is 0 Å². The van der Waals surface area contributed by atoms with Crippen LogP contribution in [0.2, 0.25) is 0 Å². The van der Waals surface area contributed by atoms with E-state index in [1.165, 1.54) is 11.1 Å². The molecule has 1 aliphatic rings. The molecule has 1 saturated heterocycles. The standard InChI is InChI=1S/C22H28N4O3/c1-3-29-22(28)26-10-8-19(9-11-26)25-21(27)18-12-20(15-23-14-18)24-13-17-6-4-16(2)5-7-17/h4-7,12,14-15,19,24H,3,8-11,13H2,1-2H3,(H,25,27). The third-order valence-corrected chi connectivity index (χ3v) is 4.97. The minimum atomic E-state index is -0.283. The van der Waals surface area contributed by atoms with Crippen LogP contribution in [0.4, 0.5) is 10.5 Å². The first-order valence-corrected chi connectivity index (χ1v) is 10.0. The van der Waals surface area contributed by atoms with E-state index in [4.69, 9.17) is 4.74 Å². The van der Waals surface area contributed by atoms with Crippen LogP contribution in [0.1, 0.15) is 41.3 Å². The largest absolute Gasteiger partial charge is 0.450 e. The molecular formula is C22H28N4O3. The third kappa shape index (κ3) is 5.94. The van der Waals surface area contributed by atoms with Gasteiger partial charge in [0.25, 0.3) is 5.91 Å². The first-order valence-electron chi connectivity index (χ1n) is 10.0. The molecule has 1 aliphatic heterocycles. The van der Waals surface area contributed by atoms with E-state index in [2.05, 4.69) is 46.8 Å². The van der Waals surface area contributed by atoms with E-state index in [1.807, 2.05) is 6.07 Å². The first kappa shape index (κ1) is 20.6. The van der Waals surface area contributed by atoms with Gasteiger partial charge in [0.05, 0.1) is 17.9 Å². The van der Waals surface area contributed by atoms with Gasteiger partial charge in [0.1, 0.15) is 0 Å². The summed E-state index contributed by atoms with van der Waals surface area (Å²) in [4.78, 5) is 30.3. The lowest BCUT2D eigenvalue weighted by molar-refractivity contribution is 0.0860. The van der Waals surface area contributed by atoms with Gasteiger partial charge in [-0.05, 0) is 38.3 Å². The zero-order valence-electron chi connectivity index (χ0n) is 17.0. The molecule has 0 bridgehead atoms. The van der Waals surface area contributed by atoms with Crippen LogP contribution < -0.4 is 10.6 Å². The second-order valence-electron chi connectivity index (χ2n) is 7.24. The van der Waals surface area contributed by atoms with Crippen LogP contribution in [0.15, 0.2) is 42.7 Å². The van der Waals surface area contributed by atoms with Crippen molar-refractivity contribution in [2.45, 2.75) is 39.3 Å². The number of amides is 2. The number of benzene rings is 1. The Morgan fingerprint density at radius 2 is 1.90 bits per heavy atom. The monoisotopic (exact) mass is 396 g/mol. The molecule has 0 spiro atoms. The van der Waals surface area contributed by atoms with E-state index >= 15 is 0 Å². The fourth-order valence-corrected chi connectivity index (χ4v) is 3.26. The number of ether oxygens (including phenoxy) is 1. The second kappa shape index (κ2) is 9.91. The Bertz CT molecular complexity index is 830. The lowest BCUT2D eigenvalue weighted by atomic mass is 10.0. The summed E-state index contributed by atoms with van der Waals surface area (Å²) in [6.07, 6.45) is 4.42. The smallest absolute Gasteiger partial charge is 0.409 e. The Hall–Kier alpha value is -3.09. The number of rotatable bonds is 6. The maximum atomic E-state index is 12.6. The van der Waals surface area contributed by atoms with Crippen LogP contribution in [-0.4, -0.2) is 47.6 Å². The molecule has 7 heteroatoms. The van der Waals surface area contributed by atoms with Gasteiger partial charge in [-0.1, -0.05) is 29.8 Å². The lowest BCUT2D eigenvalue weighted by Crippen LogP contribution is -2.46. The van der Waals surface area contributed by atoms with Crippen LogP contribution in [0.5, 0.6) is 0 Å². The van der Waals surface area contributed by atoms with Crippen LogP contribution in [0.25, 0.3) is 0 Å². The number of carbonyl (C=O) groups is 2. The number of piperidine rings is 1. The van der Waals surface area contributed by atoms with Gasteiger partial charge in [-0.15, -0.1) is 0 Å². The van der Waals surface area contributed by atoms with Crippen molar-refractivity contribution in [3.63, 3.8) is 0 Å². The predicted octanol–water partition coefficient (Wildman–Crippen LogP) is 3.35. The van der Waals surface area contributed by atoms with Gasteiger partial charge in [-0.3, -0.25) is 9.78 Å². The quantitative estimate of drug-likeness (QED) is 0.782. The highest BCUT2D eigenvalue weighted by Gasteiger charge is 2.24. The zero-order valence-corrected chi connectivity index (χ0v) is 17.0. The van der Waals surface area contributed by atoms with Gasteiger partial charge in [0.2, 0.25) is 0 Å². The summed E-state index contributed by atoms with van der Waals surface area (Å²) in [6, 6.07) is 10.2. The number of aromatic nitrogens is 1. The summed E-state index contributed by atoms with van der Waals surface area (Å²) in [7, 11) is 0. The molecule has 154 valence electrons. The Kier molecular flexibility index (Phi) is 7.05. The zero-order chi connectivity index (χ0) is 20.6. The molecule has 2 amide bonds. The van der Waals surface area contributed by atoms with Crippen molar-refractivity contribution in [2.24, 2.45) is 0 Å². The fourth-order valence-electron chi connectivity index (χ4n) is 3.26. The molecule has 1 aromatic heterocycles. The van der Waals surface area contributed by atoms with Crippen molar-refractivity contribution < 1.29 is 14.3 Å².